The fourth-order valence-electron chi connectivity index (χ4n) is 2.33. The van der Waals surface area contributed by atoms with Gasteiger partial charge in [-0.1, -0.05) is 12.1 Å². The first-order chi connectivity index (χ1) is 8.18. The average molecular weight is 237 g/mol. The zero-order chi connectivity index (χ0) is 12.3. The molecule has 0 aliphatic carbocycles. The Balaban J connectivity index is 2.25. The molecule has 4 nitrogen and oxygen atoms in total. The number of rotatable bonds is 4. The van der Waals surface area contributed by atoms with Crippen molar-refractivity contribution in [3.05, 3.63) is 23.8 Å². The molecule has 0 saturated carbocycles. The summed E-state index contributed by atoms with van der Waals surface area (Å²) in [7, 11) is 3.24. The van der Waals surface area contributed by atoms with Gasteiger partial charge in [-0.2, -0.15) is 0 Å². The molecular weight excluding hydrogens is 218 g/mol. The molecule has 1 heterocycles. The van der Waals surface area contributed by atoms with Crippen molar-refractivity contribution < 1.29 is 14.6 Å². The third-order valence-corrected chi connectivity index (χ3v) is 3.23. The Kier molecular flexibility index (Phi) is 3.54. The van der Waals surface area contributed by atoms with Crippen LogP contribution in [-0.4, -0.2) is 38.0 Å². The van der Waals surface area contributed by atoms with Crippen molar-refractivity contribution in [1.82, 2.24) is 5.32 Å². The van der Waals surface area contributed by atoms with Crippen molar-refractivity contribution >= 4 is 0 Å². The van der Waals surface area contributed by atoms with E-state index in [1.807, 2.05) is 18.2 Å². The van der Waals surface area contributed by atoms with Gasteiger partial charge in [0.2, 0.25) is 0 Å². The quantitative estimate of drug-likeness (QED) is 0.819. The number of methoxy groups -OCH3 is 2. The highest BCUT2D eigenvalue weighted by molar-refractivity contribution is 5.47. The second kappa shape index (κ2) is 4.94. The molecular formula is C13H19NO3. The summed E-state index contributed by atoms with van der Waals surface area (Å²) in [5.41, 5.74) is 0.317. The number of hydrogen-bond acceptors (Lipinski definition) is 4. The minimum absolute atomic E-state index is 0.584. The van der Waals surface area contributed by atoms with Gasteiger partial charge >= 0.3 is 0 Å². The van der Waals surface area contributed by atoms with Crippen LogP contribution in [0.2, 0.25) is 0 Å². The minimum atomic E-state index is -0.667. The Morgan fingerprint density at radius 1 is 1.35 bits per heavy atom. The van der Waals surface area contributed by atoms with Crippen LogP contribution in [0.25, 0.3) is 0 Å². The van der Waals surface area contributed by atoms with E-state index in [4.69, 9.17) is 9.47 Å². The smallest absolute Gasteiger partial charge is 0.164 e. The molecule has 0 bridgehead atoms. The summed E-state index contributed by atoms with van der Waals surface area (Å²) in [6.07, 6.45) is 1.35. The van der Waals surface area contributed by atoms with E-state index in [0.29, 0.717) is 18.7 Å². The summed E-state index contributed by atoms with van der Waals surface area (Å²) in [5.74, 6) is 1.43. The second-order valence-corrected chi connectivity index (χ2v) is 4.48. The Morgan fingerprint density at radius 2 is 2.18 bits per heavy atom. The Hall–Kier alpha value is -1.26. The van der Waals surface area contributed by atoms with Gasteiger partial charge in [-0.05, 0) is 19.0 Å². The molecule has 2 N–H and O–H groups in total. The molecule has 1 saturated heterocycles. The predicted molar refractivity (Wildman–Crippen MR) is 65.7 cm³/mol. The highest BCUT2D eigenvalue weighted by atomic mass is 16.5. The number of aliphatic hydroxyl groups is 1. The highest BCUT2D eigenvalue weighted by Gasteiger charge is 2.32. The van der Waals surface area contributed by atoms with Crippen molar-refractivity contribution in [2.45, 2.75) is 18.4 Å². The minimum Gasteiger partial charge on any atom is -0.493 e. The van der Waals surface area contributed by atoms with Gasteiger partial charge in [-0.15, -0.1) is 0 Å². The lowest BCUT2D eigenvalue weighted by molar-refractivity contribution is 0.0612. The molecule has 1 unspecified atom stereocenters. The lowest BCUT2D eigenvalue weighted by Crippen LogP contribution is -2.33. The standard InChI is InChI=1S/C13H19NO3/c1-16-11-5-3-4-10(12(11)17-2)8-13(15)6-7-14-9-13/h3-5,14-15H,6-9H2,1-2H3. The van der Waals surface area contributed by atoms with E-state index in [0.717, 1.165) is 24.3 Å². The molecule has 1 aliphatic heterocycles. The van der Waals surface area contributed by atoms with Crippen LogP contribution in [0, 0.1) is 0 Å². The number of para-hydroxylation sites is 1. The molecule has 1 aromatic carbocycles. The van der Waals surface area contributed by atoms with Crippen LogP contribution in [0.3, 0.4) is 0 Å². The van der Waals surface area contributed by atoms with Crippen LogP contribution < -0.4 is 14.8 Å². The molecule has 0 amide bonds. The molecule has 4 heteroatoms. The zero-order valence-electron chi connectivity index (χ0n) is 10.3. The Bertz CT molecular complexity index is 386. The van der Waals surface area contributed by atoms with Gasteiger partial charge in [0.05, 0.1) is 19.8 Å². The van der Waals surface area contributed by atoms with E-state index in [-0.39, 0.29) is 0 Å². The molecule has 0 aromatic heterocycles. The van der Waals surface area contributed by atoms with Crippen LogP contribution in [0.4, 0.5) is 0 Å². The fraction of sp³-hybridized carbons (Fsp3) is 0.538. The fourth-order valence-corrected chi connectivity index (χ4v) is 2.33. The van der Waals surface area contributed by atoms with E-state index in [2.05, 4.69) is 5.32 Å². The van der Waals surface area contributed by atoms with Crippen molar-refractivity contribution in [3.63, 3.8) is 0 Å². The molecule has 94 valence electrons. The summed E-state index contributed by atoms with van der Waals surface area (Å²) >= 11 is 0. The lowest BCUT2D eigenvalue weighted by atomic mass is 9.93. The SMILES string of the molecule is COc1cccc(CC2(O)CCNC2)c1OC. The van der Waals surface area contributed by atoms with Crippen molar-refractivity contribution in [3.8, 4) is 11.5 Å². The molecule has 1 fully saturated rings. The maximum Gasteiger partial charge on any atom is 0.164 e. The summed E-state index contributed by atoms with van der Waals surface area (Å²) < 4.78 is 10.6. The number of hydrogen-bond donors (Lipinski definition) is 2. The van der Waals surface area contributed by atoms with Crippen LogP contribution in [0.5, 0.6) is 11.5 Å². The van der Waals surface area contributed by atoms with Gasteiger partial charge < -0.3 is 19.9 Å². The molecule has 1 atom stereocenters. The maximum atomic E-state index is 10.4. The first kappa shape index (κ1) is 12.2. The largest absolute Gasteiger partial charge is 0.493 e. The third-order valence-electron chi connectivity index (χ3n) is 3.23. The summed E-state index contributed by atoms with van der Waals surface area (Å²) in [6.45, 7) is 1.50. The van der Waals surface area contributed by atoms with Gasteiger partial charge in [0.25, 0.3) is 0 Å². The second-order valence-electron chi connectivity index (χ2n) is 4.48. The monoisotopic (exact) mass is 237 g/mol. The van der Waals surface area contributed by atoms with Crippen LogP contribution >= 0.6 is 0 Å². The average Bonchev–Trinajstić information content (AvgIpc) is 2.75. The summed E-state index contributed by atoms with van der Waals surface area (Å²) in [5, 5.41) is 13.5. The molecule has 0 radical (unpaired) electrons. The number of β-amino-alcohol motifs (C(OH)–C–C–N with tert-alkyl or cyclic N) is 1. The first-order valence-corrected chi connectivity index (χ1v) is 5.81. The maximum absolute atomic E-state index is 10.4. The van der Waals surface area contributed by atoms with Crippen LogP contribution in [-0.2, 0) is 6.42 Å². The molecule has 2 rings (SSSR count). The van der Waals surface area contributed by atoms with E-state index < -0.39 is 5.60 Å². The van der Waals surface area contributed by atoms with Gasteiger partial charge in [-0.3, -0.25) is 0 Å². The predicted octanol–water partition coefficient (Wildman–Crippen LogP) is 0.971. The molecule has 0 spiro atoms. The Labute approximate surface area is 102 Å². The lowest BCUT2D eigenvalue weighted by Gasteiger charge is -2.23. The van der Waals surface area contributed by atoms with Crippen LogP contribution in [0.1, 0.15) is 12.0 Å². The van der Waals surface area contributed by atoms with E-state index in [1.54, 1.807) is 14.2 Å². The topological polar surface area (TPSA) is 50.7 Å². The highest BCUT2D eigenvalue weighted by Crippen LogP contribution is 2.34. The van der Waals surface area contributed by atoms with E-state index >= 15 is 0 Å². The van der Waals surface area contributed by atoms with E-state index in [9.17, 15) is 5.11 Å². The Morgan fingerprint density at radius 3 is 2.76 bits per heavy atom. The normalized spacial score (nSPS) is 23.7. The molecule has 1 aliphatic rings. The van der Waals surface area contributed by atoms with Gasteiger partial charge in [0.15, 0.2) is 11.5 Å². The van der Waals surface area contributed by atoms with Crippen molar-refractivity contribution in [2.24, 2.45) is 0 Å². The van der Waals surface area contributed by atoms with Gasteiger partial charge in [-0.25, -0.2) is 0 Å². The van der Waals surface area contributed by atoms with Gasteiger partial charge in [0.1, 0.15) is 0 Å². The van der Waals surface area contributed by atoms with Crippen LogP contribution in [0.15, 0.2) is 18.2 Å². The first-order valence-electron chi connectivity index (χ1n) is 5.81. The molecule has 17 heavy (non-hydrogen) atoms. The van der Waals surface area contributed by atoms with Crippen molar-refractivity contribution in [2.75, 3.05) is 27.3 Å². The molecule has 1 aromatic rings. The number of nitrogens with one attached hydrogen (secondary N) is 1. The third kappa shape index (κ3) is 2.53. The zero-order valence-corrected chi connectivity index (χ0v) is 10.3. The number of ether oxygens (including phenoxy) is 2. The van der Waals surface area contributed by atoms with E-state index in [1.165, 1.54) is 0 Å². The number of benzene rings is 1. The van der Waals surface area contributed by atoms with Crippen molar-refractivity contribution in [1.29, 1.82) is 0 Å². The summed E-state index contributed by atoms with van der Waals surface area (Å²) in [4.78, 5) is 0. The van der Waals surface area contributed by atoms with Gasteiger partial charge in [0, 0.05) is 18.5 Å². The summed E-state index contributed by atoms with van der Waals surface area (Å²) in [6, 6.07) is 5.75.